The average molecular weight is 268 g/mol. The Labute approximate surface area is 85.2 Å². The van der Waals surface area contributed by atoms with Gasteiger partial charge in [-0.25, -0.2) is 8.42 Å². The van der Waals surface area contributed by atoms with Crippen LogP contribution in [0.25, 0.3) is 0 Å². The first-order valence-corrected chi connectivity index (χ1v) is 6.42. The van der Waals surface area contributed by atoms with Gasteiger partial charge in [0.1, 0.15) is 15.6 Å². The first kappa shape index (κ1) is 10.7. The van der Waals surface area contributed by atoms with E-state index in [4.69, 9.17) is 10.2 Å². The molecule has 0 saturated carbocycles. The number of furan rings is 1. The second kappa shape index (κ2) is 3.81. The lowest BCUT2D eigenvalue weighted by Crippen LogP contribution is -2.20. The SMILES string of the molecule is CS(=O)(=O)C[C@@H](N)c1ccc(Br)o1. The zero-order chi connectivity index (χ0) is 10.1. The first-order chi connectivity index (χ1) is 5.88. The fraction of sp³-hybridized carbons (Fsp3) is 0.429. The van der Waals surface area contributed by atoms with Gasteiger partial charge in [-0.3, -0.25) is 0 Å². The van der Waals surface area contributed by atoms with Crippen LogP contribution in [0.4, 0.5) is 0 Å². The van der Waals surface area contributed by atoms with Crippen LogP contribution in [0, 0.1) is 0 Å². The lowest BCUT2D eigenvalue weighted by molar-refractivity contribution is 0.460. The van der Waals surface area contributed by atoms with E-state index in [0.29, 0.717) is 10.4 Å². The molecule has 13 heavy (non-hydrogen) atoms. The molecule has 0 saturated heterocycles. The van der Waals surface area contributed by atoms with Crippen LogP contribution in [0.2, 0.25) is 0 Å². The van der Waals surface area contributed by atoms with Crippen molar-refractivity contribution in [3.05, 3.63) is 22.6 Å². The van der Waals surface area contributed by atoms with E-state index in [-0.39, 0.29) is 5.75 Å². The molecule has 0 radical (unpaired) electrons. The summed E-state index contributed by atoms with van der Waals surface area (Å²) >= 11 is 3.11. The molecule has 0 spiro atoms. The number of hydrogen-bond acceptors (Lipinski definition) is 4. The van der Waals surface area contributed by atoms with E-state index in [1.54, 1.807) is 12.1 Å². The maximum Gasteiger partial charge on any atom is 0.169 e. The molecule has 0 aliphatic rings. The Bertz CT molecular complexity index is 384. The van der Waals surface area contributed by atoms with E-state index < -0.39 is 15.9 Å². The molecule has 2 N–H and O–H groups in total. The van der Waals surface area contributed by atoms with Gasteiger partial charge in [-0.15, -0.1) is 0 Å². The fourth-order valence-electron chi connectivity index (χ4n) is 0.936. The van der Waals surface area contributed by atoms with Crippen LogP contribution >= 0.6 is 15.9 Å². The zero-order valence-corrected chi connectivity index (χ0v) is 9.43. The van der Waals surface area contributed by atoms with Gasteiger partial charge in [-0.05, 0) is 28.1 Å². The third kappa shape index (κ3) is 3.50. The molecule has 6 heteroatoms. The Morgan fingerprint density at radius 1 is 1.62 bits per heavy atom. The van der Waals surface area contributed by atoms with Gasteiger partial charge in [0, 0.05) is 6.26 Å². The topological polar surface area (TPSA) is 73.3 Å². The van der Waals surface area contributed by atoms with E-state index >= 15 is 0 Å². The molecule has 0 aliphatic carbocycles. The third-order valence-corrected chi connectivity index (χ3v) is 2.83. The van der Waals surface area contributed by atoms with E-state index in [2.05, 4.69) is 15.9 Å². The molecule has 0 amide bonds. The van der Waals surface area contributed by atoms with Crippen LogP contribution in [0.3, 0.4) is 0 Å². The molecule has 4 nitrogen and oxygen atoms in total. The van der Waals surface area contributed by atoms with Crippen LogP contribution < -0.4 is 5.73 Å². The lowest BCUT2D eigenvalue weighted by atomic mass is 10.3. The Kier molecular flexibility index (Phi) is 3.15. The molecule has 74 valence electrons. The molecule has 1 aromatic heterocycles. The standard InChI is InChI=1S/C7H10BrNO3S/c1-13(10,11)4-5(9)6-2-3-7(8)12-6/h2-3,5H,4,9H2,1H3/t5-/m1/s1. The second-order valence-corrected chi connectivity index (χ2v) is 5.81. The summed E-state index contributed by atoms with van der Waals surface area (Å²) in [5.74, 6) is 0.366. The summed E-state index contributed by atoms with van der Waals surface area (Å²) in [5, 5.41) is 0. The molecule has 0 aliphatic heterocycles. The summed E-state index contributed by atoms with van der Waals surface area (Å²) in [4.78, 5) is 0. The van der Waals surface area contributed by atoms with Crippen molar-refractivity contribution < 1.29 is 12.8 Å². The van der Waals surface area contributed by atoms with Gasteiger partial charge in [0.05, 0.1) is 11.8 Å². The molecule has 1 heterocycles. The van der Waals surface area contributed by atoms with Gasteiger partial charge in [-0.1, -0.05) is 0 Å². The van der Waals surface area contributed by atoms with E-state index in [9.17, 15) is 8.42 Å². The predicted molar refractivity (Wildman–Crippen MR) is 53.0 cm³/mol. The summed E-state index contributed by atoms with van der Waals surface area (Å²) in [5.41, 5.74) is 5.60. The minimum atomic E-state index is -3.06. The van der Waals surface area contributed by atoms with Crippen molar-refractivity contribution >= 4 is 25.8 Å². The van der Waals surface area contributed by atoms with Crippen molar-refractivity contribution in [1.82, 2.24) is 0 Å². The summed E-state index contributed by atoms with van der Waals surface area (Å²) in [6.07, 6.45) is 1.14. The fourth-order valence-corrected chi connectivity index (χ4v) is 2.07. The van der Waals surface area contributed by atoms with Crippen LogP contribution in [-0.2, 0) is 9.84 Å². The molecule has 0 bridgehead atoms. The van der Waals surface area contributed by atoms with E-state index in [0.717, 1.165) is 6.26 Å². The lowest BCUT2D eigenvalue weighted by Gasteiger charge is -2.05. The molecule has 1 atom stereocenters. The summed E-state index contributed by atoms with van der Waals surface area (Å²) in [6, 6.07) is 2.73. The third-order valence-electron chi connectivity index (χ3n) is 1.44. The summed E-state index contributed by atoms with van der Waals surface area (Å²) < 4.78 is 27.4. The summed E-state index contributed by atoms with van der Waals surface area (Å²) in [7, 11) is -3.06. The van der Waals surface area contributed by atoms with Gasteiger partial charge in [0.15, 0.2) is 4.67 Å². The molecule has 0 fully saturated rings. The molecule has 0 unspecified atom stereocenters. The Balaban J connectivity index is 2.75. The number of halogens is 1. The van der Waals surface area contributed by atoms with E-state index in [1.165, 1.54) is 0 Å². The first-order valence-electron chi connectivity index (χ1n) is 3.57. The largest absolute Gasteiger partial charge is 0.453 e. The normalized spacial score (nSPS) is 14.4. The average Bonchev–Trinajstić information content (AvgIpc) is 2.31. The minimum absolute atomic E-state index is 0.104. The second-order valence-electron chi connectivity index (χ2n) is 2.84. The van der Waals surface area contributed by atoms with Crippen molar-refractivity contribution in [3.8, 4) is 0 Å². The van der Waals surface area contributed by atoms with Gasteiger partial charge in [0.25, 0.3) is 0 Å². The Morgan fingerprint density at radius 3 is 2.62 bits per heavy atom. The molecule has 0 aromatic carbocycles. The minimum Gasteiger partial charge on any atom is -0.453 e. The van der Waals surface area contributed by atoms with Crippen LogP contribution in [0.5, 0.6) is 0 Å². The quantitative estimate of drug-likeness (QED) is 0.890. The van der Waals surface area contributed by atoms with Gasteiger partial charge >= 0.3 is 0 Å². The number of nitrogens with two attached hydrogens (primary N) is 1. The molecule has 1 aromatic rings. The Hall–Kier alpha value is -0.330. The van der Waals surface area contributed by atoms with Crippen LogP contribution in [0.1, 0.15) is 11.8 Å². The van der Waals surface area contributed by atoms with Crippen molar-refractivity contribution in [2.24, 2.45) is 5.73 Å². The highest BCUT2D eigenvalue weighted by Crippen LogP contribution is 2.19. The highest BCUT2D eigenvalue weighted by Gasteiger charge is 2.15. The monoisotopic (exact) mass is 267 g/mol. The zero-order valence-electron chi connectivity index (χ0n) is 7.03. The molecular formula is C7H10BrNO3S. The maximum absolute atomic E-state index is 10.9. The number of sulfone groups is 1. The summed E-state index contributed by atoms with van der Waals surface area (Å²) in [6.45, 7) is 0. The number of rotatable bonds is 3. The van der Waals surface area contributed by atoms with E-state index in [1.807, 2.05) is 0 Å². The Morgan fingerprint density at radius 2 is 2.23 bits per heavy atom. The van der Waals surface area contributed by atoms with Crippen LogP contribution in [-0.4, -0.2) is 20.4 Å². The molecule has 1 rings (SSSR count). The predicted octanol–water partition coefficient (Wildman–Crippen LogP) is 1.09. The highest BCUT2D eigenvalue weighted by molar-refractivity contribution is 9.10. The smallest absolute Gasteiger partial charge is 0.169 e. The van der Waals surface area contributed by atoms with Crippen molar-refractivity contribution in [1.29, 1.82) is 0 Å². The van der Waals surface area contributed by atoms with Gasteiger partial charge in [0.2, 0.25) is 0 Å². The van der Waals surface area contributed by atoms with Crippen LogP contribution in [0.15, 0.2) is 21.2 Å². The van der Waals surface area contributed by atoms with Gasteiger partial charge < -0.3 is 10.2 Å². The highest BCUT2D eigenvalue weighted by atomic mass is 79.9. The molecular weight excluding hydrogens is 258 g/mol. The number of hydrogen-bond donors (Lipinski definition) is 1. The maximum atomic E-state index is 10.9. The van der Waals surface area contributed by atoms with Crippen molar-refractivity contribution in [3.63, 3.8) is 0 Å². The van der Waals surface area contributed by atoms with Crippen molar-refractivity contribution in [2.75, 3.05) is 12.0 Å². The van der Waals surface area contributed by atoms with Gasteiger partial charge in [-0.2, -0.15) is 0 Å². The van der Waals surface area contributed by atoms with Crippen molar-refractivity contribution in [2.45, 2.75) is 6.04 Å².